The number of ether oxygens (including phenoxy) is 2. The smallest absolute Gasteiger partial charge is 0.260 e. The van der Waals surface area contributed by atoms with E-state index in [2.05, 4.69) is 5.32 Å². The fourth-order valence-corrected chi connectivity index (χ4v) is 2.33. The molecule has 0 aromatic heterocycles. The van der Waals surface area contributed by atoms with Gasteiger partial charge in [0.2, 0.25) is 0 Å². The molecule has 1 aliphatic rings. The summed E-state index contributed by atoms with van der Waals surface area (Å²) in [6.45, 7) is 6.47. The number of amides is 1. The minimum atomic E-state index is 0. The number of hydrogen-bond acceptors (Lipinski definition) is 4. The first kappa shape index (κ1) is 17.6. The van der Waals surface area contributed by atoms with Gasteiger partial charge in [0.15, 0.2) is 18.1 Å². The van der Waals surface area contributed by atoms with Gasteiger partial charge in [-0.3, -0.25) is 4.79 Å². The number of aryl methyl sites for hydroxylation is 1. The molecule has 21 heavy (non-hydrogen) atoms. The van der Waals surface area contributed by atoms with E-state index in [1.54, 1.807) is 7.11 Å². The number of piperazine rings is 1. The number of benzene rings is 1. The third-order valence-corrected chi connectivity index (χ3v) is 3.49. The van der Waals surface area contributed by atoms with E-state index in [0.717, 1.165) is 25.2 Å². The molecule has 1 atom stereocenters. The molecule has 0 bridgehead atoms. The van der Waals surface area contributed by atoms with Crippen LogP contribution in [0.1, 0.15) is 12.5 Å². The molecular weight excluding hydrogens is 292 g/mol. The Labute approximate surface area is 132 Å². The van der Waals surface area contributed by atoms with Crippen LogP contribution >= 0.6 is 12.4 Å². The molecular formula is C15H23ClN2O3. The highest BCUT2D eigenvalue weighted by atomic mass is 35.5. The summed E-state index contributed by atoms with van der Waals surface area (Å²) in [5.41, 5.74) is 1.09. The highest BCUT2D eigenvalue weighted by molar-refractivity contribution is 5.85. The van der Waals surface area contributed by atoms with Gasteiger partial charge in [0.25, 0.3) is 5.91 Å². The lowest BCUT2D eigenvalue weighted by Crippen LogP contribution is -2.53. The van der Waals surface area contributed by atoms with Crippen LogP contribution in [-0.4, -0.2) is 50.2 Å². The minimum absolute atomic E-state index is 0. The predicted octanol–water partition coefficient (Wildman–Crippen LogP) is 1.62. The number of rotatable bonds is 4. The fraction of sp³-hybridized carbons (Fsp3) is 0.533. The first-order chi connectivity index (χ1) is 9.61. The van der Waals surface area contributed by atoms with E-state index in [9.17, 15) is 4.79 Å². The molecule has 1 N–H and O–H groups in total. The lowest BCUT2D eigenvalue weighted by atomic mass is 10.2. The molecule has 1 aromatic rings. The van der Waals surface area contributed by atoms with Crippen molar-refractivity contribution in [3.63, 3.8) is 0 Å². The van der Waals surface area contributed by atoms with Gasteiger partial charge in [-0.25, -0.2) is 0 Å². The molecule has 0 saturated carbocycles. The quantitative estimate of drug-likeness (QED) is 0.917. The molecule has 1 aromatic carbocycles. The molecule has 0 aliphatic carbocycles. The van der Waals surface area contributed by atoms with Crippen LogP contribution in [0, 0.1) is 6.92 Å². The maximum absolute atomic E-state index is 12.2. The number of carbonyl (C=O) groups is 1. The largest absolute Gasteiger partial charge is 0.493 e. The summed E-state index contributed by atoms with van der Waals surface area (Å²) in [5.74, 6) is 1.28. The number of halogens is 1. The molecule has 1 saturated heterocycles. The highest BCUT2D eigenvalue weighted by Gasteiger charge is 2.23. The second-order valence-electron chi connectivity index (χ2n) is 5.08. The second kappa shape index (κ2) is 8.10. The van der Waals surface area contributed by atoms with Gasteiger partial charge >= 0.3 is 0 Å². The summed E-state index contributed by atoms with van der Waals surface area (Å²) in [7, 11) is 1.60. The van der Waals surface area contributed by atoms with Crippen molar-refractivity contribution in [1.82, 2.24) is 10.2 Å². The second-order valence-corrected chi connectivity index (χ2v) is 5.08. The van der Waals surface area contributed by atoms with E-state index in [-0.39, 0.29) is 31.0 Å². The Hall–Kier alpha value is -1.46. The van der Waals surface area contributed by atoms with Crippen LogP contribution in [0.5, 0.6) is 11.5 Å². The van der Waals surface area contributed by atoms with Crippen LogP contribution in [0.15, 0.2) is 18.2 Å². The topological polar surface area (TPSA) is 50.8 Å². The average molecular weight is 315 g/mol. The van der Waals surface area contributed by atoms with E-state index in [1.165, 1.54) is 0 Å². The molecule has 1 amide bonds. The summed E-state index contributed by atoms with van der Waals surface area (Å²) in [4.78, 5) is 14.0. The summed E-state index contributed by atoms with van der Waals surface area (Å²) >= 11 is 0. The van der Waals surface area contributed by atoms with Crippen molar-refractivity contribution in [2.24, 2.45) is 0 Å². The molecule has 1 heterocycles. The predicted molar refractivity (Wildman–Crippen MR) is 84.5 cm³/mol. The third kappa shape index (κ3) is 4.51. The molecule has 6 heteroatoms. The van der Waals surface area contributed by atoms with Gasteiger partial charge in [-0.1, -0.05) is 6.07 Å². The van der Waals surface area contributed by atoms with Gasteiger partial charge in [0, 0.05) is 25.7 Å². The van der Waals surface area contributed by atoms with Crippen molar-refractivity contribution in [2.75, 3.05) is 33.4 Å². The molecule has 2 rings (SSSR count). The van der Waals surface area contributed by atoms with E-state index in [1.807, 2.05) is 36.9 Å². The van der Waals surface area contributed by atoms with Gasteiger partial charge in [-0.05, 0) is 31.5 Å². The molecule has 5 nitrogen and oxygen atoms in total. The summed E-state index contributed by atoms with van der Waals surface area (Å²) in [6.07, 6.45) is 0. The molecule has 0 unspecified atom stereocenters. The monoisotopic (exact) mass is 314 g/mol. The summed E-state index contributed by atoms with van der Waals surface area (Å²) < 4.78 is 10.9. The van der Waals surface area contributed by atoms with Crippen molar-refractivity contribution in [3.8, 4) is 11.5 Å². The Morgan fingerprint density at radius 1 is 1.43 bits per heavy atom. The minimum Gasteiger partial charge on any atom is -0.493 e. The van der Waals surface area contributed by atoms with Gasteiger partial charge < -0.3 is 19.7 Å². The Bertz CT molecular complexity index is 482. The van der Waals surface area contributed by atoms with E-state index < -0.39 is 0 Å². The van der Waals surface area contributed by atoms with Gasteiger partial charge in [0.1, 0.15) is 0 Å². The lowest BCUT2D eigenvalue weighted by Gasteiger charge is -2.33. The number of nitrogens with zero attached hydrogens (tertiary/aromatic N) is 1. The molecule has 118 valence electrons. The van der Waals surface area contributed by atoms with E-state index in [0.29, 0.717) is 11.5 Å². The summed E-state index contributed by atoms with van der Waals surface area (Å²) in [5, 5.41) is 3.26. The SMILES string of the molecule is COc1cc(C)ccc1OCC(=O)N1CCNC[C@H]1C.Cl. The van der Waals surface area contributed by atoms with E-state index in [4.69, 9.17) is 9.47 Å². The van der Waals surface area contributed by atoms with Gasteiger partial charge in [0.05, 0.1) is 7.11 Å². The highest BCUT2D eigenvalue weighted by Crippen LogP contribution is 2.27. The first-order valence-corrected chi connectivity index (χ1v) is 6.89. The number of nitrogens with one attached hydrogen (secondary N) is 1. The van der Waals surface area contributed by atoms with Crippen LogP contribution in [-0.2, 0) is 4.79 Å². The Morgan fingerprint density at radius 3 is 2.86 bits per heavy atom. The van der Waals surface area contributed by atoms with Crippen LogP contribution in [0.3, 0.4) is 0 Å². The van der Waals surface area contributed by atoms with Crippen molar-refractivity contribution in [3.05, 3.63) is 23.8 Å². The Balaban J connectivity index is 0.00000220. The molecule has 1 fully saturated rings. The summed E-state index contributed by atoms with van der Waals surface area (Å²) in [6, 6.07) is 5.88. The standard InChI is InChI=1S/C15H22N2O3.ClH/c1-11-4-5-13(14(8-11)19-3)20-10-15(18)17-7-6-16-9-12(17)2;/h4-5,8,12,16H,6-7,9-10H2,1-3H3;1H/t12-;/m1./s1. The zero-order chi connectivity index (χ0) is 14.5. The molecule has 1 aliphatic heterocycles. The maximum atomic E-state index is 12.2. The van der Waals surface area contributed by atoms with Crippen LogP contribution < -0.4 is 14.8 Å². The number of hydrogen-bond donors (Lipinski definition) is 1. The normalized spacial score (nSPS) is 17.9. The van der Waals surface area contributed by atoms with Crippen molar-refractivity contribution >= 4 is 18.3 Å². The molecule has 0 spiro atoms. The Morgan fingerprint density at radius 2 is 2.19 bits per heavy atom. The Kier molecular flexibility index (Phi) is 6.78. The van der Waals surface area contributed by atoms with Gasteiger partial charge in [-0.15, -0.1) is 12.4 Å². The fourth-order valence-electron chi connectivity index (χ4n) is 2.33. The van der Waals surface area contributed by atoms with Gasteiger partial charge in [-0.2, -0.15) is 0 Å². The lowest BCUT2D eigenvalue weighted by molar-refractivity contribution is -0.136. The van der Waals surface area contributed by atoms with Crippen molar-refractivity contribution < 1.29 is 14.3 Å². The van der Waals surface area contributed by atoms with Crippen molar-refractivity contribution in [2.45, 2.75) is 19.9 Å². The van der Waals surface area contributed by atoms with Crippen molar-refractivity contribution in [1.29, 1.82) is 0 Å². The van der Waals surface area contributed by atoms with E-state index >= 15 is 0 Å². The number of carbonyl (C=O) groups excluding carboxylic acids is 1. The zero-order valence-corrected chi connectivity index (χ0v) is 13.5. The average Bonchev–Trinajstić information content (AvgIpc) is 2.46. The number of methoxy groups -OCH3 is 1. The maximum Gasteiger partial charge on any atom is 0.260 e. The first-order valence-electron chi connectivity index (χ1n) is 6.89. The van der Waals surface area contributed by atoms with Crippen LogP contribution in [0.2, 0.25) is 0 Å². The third-order valence-electron chi connectivity index (χ3n) is 3.49. The van der Waals surface area contributed by atoms with Crippen LogP contribution in [0.4, 0.5) is 0 Å². The zero-order valence-electron chi connectivity index (χ0n) is 12.7. The van der Waals surface area contributed by atoms with Crippen LogP contribution in [0.25, 0.3) is 0 Å². The molecule has 0 radical (unpaired) electrons.